The van der Waals surface area contributed by atoms with E-state index in [9.17, 15) is 0 Å². The molecule has 1 heteroatoms. The molecular formula is C14H19N. The standard InChI is InChI=1S/C14H19N/c1-11(2)9-14-10-13(5-4-8-15)7-6-12(14)3/h6-7,10-11H,4-5,9H2,1-3H3. The van der Waals surface area contributed by atoms with Crippen molar-refractivity contribution in [2.24, 2.45) is 5.92 Å². The summed E-state index contributed by atoms with van der Waals surface area (Å²) < 4.78 is 0. The van der Waals surface area contributed by atoms with E-state index in [-0.39, 0.29) is 0 Å². The van der Waals surface area contributed by atoms with E-state index in [4.69, 9.17) is 5.26 Å². The fourth-order valence-electron chi connectivity index (χ4n) is 1.74. The Morgan fingerprint density at radius 2 is 2.07 bits per heavy atom. The monoisotopic (exact) mass is 201 g/mol. The first-order valence-electron chi connectivity index (χ1n) is 5.59. The van der Waals surface area contributed by atoms with Gasteiger partial charge in [-0.25, -0.2) is 0 Å². The average molecular weight is 201 g/mol. The lowest BCUT2D eigenvalue weighted by molar-refractivity contribution is 0.644. The molecular weight excluding hydrogens is 182 g/mol. The van der Waals surface area contributed by atoms with Crippen molar-refractivity contribution >= 4 is 0 Å². The minimum absolute atomic E-state index is 0.615. The van der Waals surface area contributed by atoms with E-state index < -0.39 is 0 Å². The van der Waals surface area contributed by atoms with Gasteiger partial charge in [-0.1, -0.05) is 32.0 Å². The summed E-state index contributed by atoms with van der Waals surface area (Å²) in [5.41, 5.74) is 4.09. The molecule has 0 fully saturated rings. The Bertz CT molecular complexity index is 358. The van der Waals surface area contributed by atoms with Crippen molar-refractivity contribution in [2.45, 2.75) is 40.0 Å². The topological polar surface area (TPSA) is 23.8 Å². The van der Waals surface area contributed by atoms with Gasteiger partial charge in [-0.3, -0.25) is 0 Å². The number of rotatable bonds is 4. The quantitative estimate of drug-likeness (QED) is 0.729. The van der Waals surface area contributed by atoms with Gasteiger partial charge < -0.3 is 0 Å². The van der Waals surface area contributed by atoms with Crippen LogP contribution in [0.15, 0.2) is 18.2 Å². The van der Waals surface area contributed by atoms with E-state index in [1.165, 1.54) is 16.7 Å². The smallest absolute Gasteiger partial charge is 0.0625 e. The predicted octanol–water partition coefficient (Wildman–Crippen LogP) is 3.65. The lowest BCUT2D eigenvalue weighted by atomic mass is 9.95. The van der Waals surface area contributed by atoms with Crippen LogP contribution in [0.5, 0.6) is 0 Å². The summed E-state index contributed by atoms with van der Waals surface area (Å²) in [5.74, 6) is 0.690. The van der Waals surface area contributed by atoms with Crippen LogP contribution in [0.4, 0.5) is 0 Å². The summed E-state index contributed by atoms with van der Waals surface area (Å²) in [6.07, 6.45) is 2.62. The number of hydrogen-bond acceptors (Lipinski definition) is 1. The normalized spacial score (nSPS) is 10.3. The van der Waals surface area contributed by atoms with Crippen molar-refractivity contribution in [3.63, 3.8) is 0 Å². The largest absolute Gasteiger partial charge is 0.198 e. The van der Waals surface area contributed by atoms with E-state index in [0.717, 1.165) is 12.8 Å². The van der Waals surface area contributed by atoms with Crippen LogP contribution in [0.2, 0.25) is 0 Å². The maximum Gasteiger partial charge on any atom is 0.0625 e. The third-order valence-corrected chi connectivity index (χ3v) is 2.57. The second-order valence-corrected chi connectivity index (χ2v) is 4.52. The van der Waals surface area contributed by atoms with Crippen LogP contribution < -0.4 is 0 Å². The van der Waals surface area contributed by atoms with Crippen LogP contribution in [0, 0.1) is 24.2 Å². The first kappa shape index (κ1) is 11.8. The summed E-state index contributed by atoms with van der Waals surface area (Å²) in [6.45, 7) is 6.63. The van der Waals surface area contributed by atoms with E-state index in [1.54, 1.807) is 0 Å². The summed E-state index contributed by atoms with van der Waals surface area (Å²) in [4.78, 5) is 0. The first-order valence-corrected chi connectivity index (χ1v) is 5.59. The lowest BCUT2D eigenvalue weighted by Gasteiger charge is -2.10. The van der Waals surface area contributed by atoms with Crippen molar-refractivity contribution in [3.05, 3.63) is 34.9 Å². The van der Waals surface area contributed by atoms with Gasteiger partial charge in [0.1, 0.15) is 0 Å². The highest BCUT2D eigenvalue weighted by Gasteiger charge is 2.03. The minimum atomic E-state index is 0.615. The van der Waals surface area contributed by atoms with Crippen LogP contribution in [0.3, 0.4) is 0 Å². The zero-order valence-electron chi connectivity index (χ0n) is 9.88. The van der Waals surface area contributed by atoms with Crippen LogP contribution in [0.1, 0.15) is 37.0 Å². The third kappa shape index (κ3) is 3.75. The maximum atomic E-state index is 8.55. The second-order valence-electron chi connectivity index (χ2n) is 4.52. The van der Waals surface area contributed by atoms with Gasteiger partial charge in [0, 0.05) is 6.42 Å². The highest BCUT2D eigenvalue weighted by Crippen LogP contribution is 2.16. The predicted molar refractivity (Wildman–Crippen MR) is 63.7 cm³/mol. The fourth-order valence-corrected chi connectivity index (χ4v) is 1.74. The first-order chi connectivity index (χ1) is 7.13. The average Bonchev–Trinajstić information content (AvgIpc) is 2.18. The van der Waals surface area contributed by atoms with Crippen LogP contribution >= 0.6 is 0 Å². The SMILES string of the molecule is Cc1ccc(CCC#N)cc1CC(C)C. The van der Waals surface area contributed by atoms with Gasteiger partial charge in [-0.15, -0.1) is 0 Å². The molecule has 0 radical (unpaired) electrons. The number of aryl methyl sites for hydroxylation is 2. The third-order valence-electron chi connectivity index (χ3n) is 2.57. The fraction of sp³-hybridized carbons (Fsp3) is 0.500. The molecule has 0 spiro atoms. The molecule has 0 aliphatic heterocycles. The molecule has 1 aromatic carbocycles. The van der Waals surface area contributed by atoms with Crippen LogP contribution in [0.25, 0.3) is 0 Å². The summed E-state index contributed by atoms with van der Waals surface area (Å²) in [6, 6.07) is 8.75. The molecule has 80 valence electrons. The number of benzene rings is 1. The van der Waals surface area contributed by atoms with Crippen molar-refractivity contribution in [1.82, 2.24) is 0 Å². The summed E-state index contributed by atoms with van der Waals surface area (Å²) >= 11 is 0. The minimum Gasteiger partial charge on any atom is -0.198 e. The van der Waals surface area contributed by atoms with Gasteiger partial charge in [0.2, 0.25) is 0 Å². The number of nitrogens with zero attached hydrogens (tertiary/aromatic N) is 1. The molecule has 0 aliphatic rings. The Kier molecular flexibility index (Phi) is 4.37. The number of hydrogen-bond donors (Lipinski definition) is 0. The lowest BCUT2D eigenvalue weighted by Crippen LogP contribution is -1.98. The Labute approximate surface area is 92.7 Å². The molecule has 0 amide bonds. The van der Waals surface area contributed by atoms with Gasteiger partial charge in [-0.05, 0) is 42.4 Å². The zero-order chi connectivity index (χ0) is 11.3. The molecule has 0 bridgehead atoms. The van der Waals surface area contributed by atoms with Crippen molar-refractivity contribution in [3.8, 4) is 6.07 Å². The highest BCUT2D eigenvalue weighted by molar-refractivity contribution is 5.31. The van der Waals surface area contributed by atoms with Gasteiger partial charge in [0.05, 0.1) is 6.07 Å². The molecule has 0 heterocycles. The van der Waals surface area contributed by atoms with Gasteiger partial charge >= 0.3 is 0 Å². The van der Waals surface area contributed by atoms with E-state index in [0.29, 0.717) is 12.3 Å². The van der Waals surface area contributed by atoms with E-state index in [1.807, 2.05) is 0 Å². The molecule has 0 unspecified atom stereocenters. The van der Waals surface area contributed by atoms with Gasteiger partial charge in [0.15, 0.2) is 0 Å². The molecule has 0 aromatic heterocycles. The Morgan fingerprint density at radius 3 is 2.67 bits per heavy atom. The molecule has 0 atom stereocenters. The van der Waals surface area contributed by atoms with Gasteiger partial charge in [-0.2, -0.15) is 5.26 Å². The molecule has 0 N–H and O–H groups in total. The van der Waals surface area contributed by atoms with E-state index >= 15 is 0 Å². The van der Waals surface area contributed by atoms with Gasteiger partial charge in [0.25, 0.3) is 0 Å². The number of nitriles is 1. The molecule has 15 heavy (non-hydrogen) atoms. The van der Waals surface area contributed by atoms with Crippen molar-refractivity contribution in [1.29, 1.82) is 5.26 Å². The van der Waals surface area contributed by atoms with Crippen molar-refractivity contribution < 1.29 is 0 Å². The molecule has 1 rings (SSSR count). The summed E-state index contributed by atoms with van der Waals surface area (Å²) in [7, 11) is 0. The maximum absolute atomic E-state index is 8.55. The van der Waals surface area contributed by atoms with E-state index in [2.05, 4.69) is 45.0 Å². The molecule has 1 nitrogen and oxygen atoms in total. The highest BCUT2D eigenvalue weighted by atomic mass is 14.2. The second kappa shape index (κ2) is 5.56. The molecule has 0 saturated carbocycles. The molecule has 0 aliphatic carbocycles. The Hall–Kier alpha value is -1.29. The van der Waals surface area contributed by atoms with Crippen LogP contribution in [-0.2, 0) is 12.8 Å². The summed E-state index contributed by atoms with van der Waals surface area (Å²) in [5, 5.41) is 8.55. The van der Waals surface area contributed by atoms with Crippen molar-refractivity contribution in [2.75, 3.05) is 0 Å². The molecule has 0 saturated heterocycles. The van der Waals surface area contributed by atoms with Crippen LogP contribution in [-0.4, -0.2) is 0 Å². The zero-order valence-corrected chi connectivity index (χ0v) is 9.88. The molecule has 1 aromatic rings. The Balaban J connectivity index is 2.81. The Morgan fingerprint density at radius 1 is 1.33 bits per heavy atom.